The molecular weight excluding hydrogens is 130 g/mol. The molecular formula is C7H15NS. The van der Waals surface area contributed by atoms with Crippen molar-refractivity contribution in [3.63, 3.8) is 0 Å². The molecule has 0 spiro atoms. The van der Waals surface area contributed by atoms with E-state index < -0.39 is 0 Å². The van der Waals surface area contributed by atoms with Crippen LogP contribution in [0.3, 0.4) is 0 Å². The van der Waals surface area contributed by atoms with Crippen molar-refractivity contribution >= 4 is 11.9 Å². The second kappa shape index (κ2) is 3.28. The minimum absolute atomic E-state index is 0.235. The summed E-state index contributed by atoms with van der Waals surface area (Å²) < 4.78 is 2.17. The molecule has 0 aliphatic rings. The molecule has 0 aromatic heterocycles. The van der Waals surface area contributed by atoms with Gasteiger partial charge in [0.2, 0.25) is 0 Å². The molecule has 0 aliphatic heterocycles. The highest BCUT2D eigenvalue weighted by atomic mass is 32.2. The first-order valence-electron chi connectivity index (χ1n) is 3.00. The van der Waals surface area contributed by atoms with Gasteiger partial charge in [-0.05, 0) is 33.2 Å². The first kappa shape index (κ1) is 9.05. The Kier molecular flexibility index (Phi) is 3.30. The van der Waals surface area contributed by atoms with E-state index in [0.717, 1.165) is 0 Å². The molecule has 54 valence electrons. The lowest BCUT2D eigenvalue weighted by Crippen LogP contribution is -2.31. The summed E-state index contributed by atoms with van der Waals surface area (Å²) in [4.78, 5) is 0. The third-order valence-corrected chi connectivity index (χ3v) is 2.19. The van der Waals surface area contributed by atoms with E-state index in [1.807, 2.05) is 5.41 Å². The Morgan fingerprint density at radius 3 is 2.00 bits per heavy atom. The minimum atomic E-state index is 0.235. The predicted molar refractivity (Wildman–Crippen MR) is 45.3 cm³/mol. The summed E-state index contributed by atoms with van der Waals surface area (Å²) in [5, 5.41) is 1.84. The van der Waals surface area contributed by atoms with Gasteiger partial charge in [0.05, 0.1) is 0 Å². The second-order valence-corrected chi connectivity index (χ2v) is 4.03. The summed E-state index contributed by atoms with van der Waals surface area (Å²) in [6.45, 7) is 10.1. The van der Waals surface area contributed by atoms with Crippen LogP contribution in [0, 0.1) is 0 Å². The third kappa shape index (κ3) is 3.60. The first-order chi connectivity index (χ1) is 3.98. The van der Waals surface area contributed by atoms with Crippen LogP contribution in [0.25, 0.3) is 0 Å². The topological polar surface area (TPSA) is 3.24 Å². The molecule has 0 saturated heterocycles. The van der Waals surface area contributed by atoms with Crippen LogP contribution in [0.5, 0.6) is 0 Å². The maximum Gasteiger partial charge on any atom is 0.0229 e. The largest absolute Gasteiger partial charge is 0.245 e. The molecule has 1 nitrogen and oxygen atoms in total. The molecule has 0 aromatic rings. The van der Waals surface area contributed by atoms with Gasteiger partial charge in [0.25, 0.3) is 0 Å². The minimum Gasteiger partial charge on any atom is -0.245 e. The van der Waals surface area contributed by atoms with Gasteiger partial charge in [0, 0.05) is 5.54 Å². The maximum absolute atomic E-state index is 3.64. The monoisotopic (exact) mass is 145 g/mol. The molecule has 0 aliphatic carbocycles. The van der Waals surface area contributed by atoms with E-state index in [4.69, 9.17) is 0 Å². The van der Waals surface area contributed by atoms with Crippen molar-refractivity contribution in [3.8, 4) is 0 Å². The molecule has 0 aromatic carbocycles. The van der Waals surface area contributed by atoms with E-state index in [1.54, 1.807) is 11.9 Å². The summed E-state index contributed by atoms with van der Waals surface area (Å²) in [5.41, 5.74) is 0.235. The lowest BCUT2D eigenvalue weighted by Gasteiger charge is -2.29. The van der Waals surface area contributed by atoms with Gasteiger partial charge in [0.1, 0.15) is 0 Å². The molecule has 0 atom stereocenters. The fourth-order valence-electron chi connectivity index (χ4n) is 0.270. The second-order valence-electron chi connectivity index (χ2n) is 2.94. The van der Waals surface area contributed by atoms with E-state index >= 15 is 0 Å². The van der Waals surface area contributed by atoms with Crippen LogP contribution in [0.1, 0.15) is 20.8 Å². The average Bonchev–Trinajstić information content (AvgIpc) is 1.64. The molecule has 0 rings (SSSR count). The van der Waals surface area contributed by atoms with Crippen molar-refractivity contribution < 1.29 is 0 Å². The highest BCUT2D eigenvalue weighted by molar-refractivity contribution is 7.99. The fourth-order valence-corrected chi connectivity index (χ4v) is 0.810. The van der Waals surface area contributed by atoms with Crippen LogP contribution in [0.15, 0.2) is 12.0 Å². The van der Waals surface area contributed by atoms with Gasteiger partial charge >= 0.3 is 0 Å². The third-order valence-electron chi connectivity index (χ3n) is 1.18. The summed E-state index contributed by atoms with van der Waals surface area (Å²) in [6, 6.07) is 0. The van der Waals surface area contributed by atoms with Crippen LogP contribution < -0.4 is 0 Å². The van der Waals surface area contributed by atoms with Crippen LogP contribution in [-0.2, 0) is 0 Å². The lowest BCUT2D eigenvalue weighted by atomic mass is 10.1. The highest BCUT2D eigenvalue weighted by Crippen LogP contribution is 2.20. The van der Waals surface area contributed by atoms with Crippen molar-refractivity contribution in [2.75, 3.05) is 7.05 Å². The zero-order valence-corrected chi connectivity index (χ0v) is 7.46. The Morgan fingerprint density at radius 1 is 1.44 bits per heavy atom. The van der Waals surface area contributed by atoms with Crippen LogP contribution >= 0.6 is 11.9 Å². The molecule has 0 amide bonds. The quantitative estimate of drug-likeness (QED) is 0.549. The number of hydrogen-bond acceptors (Lipinski definition) is 2. The van der Waals surface area contributed by atoms with Crippen LogP contribution in [0.4, 0.5) is 0 Å². The molecule has 2 heteroatoms. The summed E-state index contributed by atoms with van der Waals surface area (Å²) in [6.07, 6.45) is 0. The molecule has 0 bridgehead atoms. The van der Waals surface area contributed by atoms with E-state index in [2.05, 4.69) is 38.7 Å². The van der Waals surface area contributed by atoms with Gasteiger partial charge in [-0.15, -0.1) is 0 Å². The molecule has 0 fully saturated rings. The highest BCUT2D eigenvalue weighted by Gasteiger charge is 2.15. The number of nitrogens with zero attached hydrogens (tertiary/aromatic N) is 1. The van der Waals surface area contributed by atoms with E-state index in [1.165, 1.54) is 0 Å². The smallest absolute Gasteiger partial charge is 0.0229 e. The fraction of sp³-hybridized carbons (Fsp3) is 0.714. The van der Waals surface area contributed by atoms with Crippen molar-refractivity contribution in [2.45, 2.75) is 26.3 Å². The maximum atomic E-state index is 3.64. The summed E-state index contributed by atoms with van der Waals surface area (Å²) >= 11 is 1.64. The predicted octanol–water partition coefficient (Wildman–Crippen LogP) is 2.51. The van der Waals surface area contributed by atoms with E-state index in [0.29, 0.717) is 0 Å². The molecule has 0 radical (unpaired) electrons. The SMILES string of the molecule is C=CSN(C)C(C)(C)C. The van der Waals surface area contributed by atoms with Crippen molar-refractivity contribution in [1.82, 2.24) is 4.31 Å². The van der Waals surface area contributed by atoms with Gasteiger partial charge in [-0.1, -0.05) is 18.5 Å². The number of rotatable bonds is 2. The molecule has 0 saturated carbocycles. The number of hydrogen-bond donors (Lipinski definition) is 0. The lowest BCUT2D eigenvalue weighted by molar-refractivity contribution is 0.321. The van der Waals surface area contributed by atoms with Gasteiger partial charge in [0.15, 0.2) is 0 Å². The zero-order valence-electron chi connectivity index (χ0n) is 6.64. The Balaban J connectivity index is 3.72. The summed E-state index contributed by atoms with van der Waals surface area (Å²) in [7, 11) is 2.06. The molecule has 9 heavy (non-hydrogen) atoms. The van der Waals surface area contributed by atoms with Gasteiger partial charge in [-0.25, -0.2) is 4.31 Å². The first-order valence-corrected chi connectivity index (χ1v) is 3.83. The van der Waals surface area contributed by atoms with Gasteiger partial charge < -0.3 is 0 Å². The summed E-state index contributed by atoms with van der Waals surface area (Å²) in [5.74, 6) is 0. The van der Waals surface area contributed by atoms with E-state index in [-0.39, 0.29) is 5.54 Å². The van der Waals surface area contributed by atoms with Gasteiger partial charge in [-0.2, -0.15) is 0 Å². The average molecular weight is 145 g/mol. The van der Waals surface area contributed by atoms with Crippen molar-refractivity contribution in [3.05, 3.63) is 12.0 Å². The molecule has 0 heterocycles. The van der Waals surface area contributed by atoms with Crippen LogP contribution in [-0.4, -0.2) is 16.9 Å². The zero-order chi connectivity index (χ0) is 7.49. The normalized spacial score (nSPS) is 12.1. The van der Waals surface area contributed by atoms with Crippen LogP contribution in [0.2, 0.25) is 0 Å². The van der Waals surface area contributed by atoms with E-state index in [9.17, 15) is 0 Å². The Hall–Kier alpha value is 0.0500. The Labute approximate surface area is 62.3 Å². The standard InChI is InChI=1S/C7H15NS/c1-6-9-8(5)7(2,3)4/h6H,1H2,2-5H3. The van der Waals surface area contributed by atoms with Gasteiger partial charge in [-0.3, -0.25) is 0 Å². The Morgan fingerprint density at radius 2 is 1.89 bits per heavy atom. The van der Waals surface area contributed by atoms with Crippen molar-refractivity contribution in [1.29, 1.82) is 0 Å². The molecule has 0 N–H and O–H groups in total. The Bertz CT molecular complexity index is 93.6. The molecule has 0 unspecified atom stereocenters. The van der Waals surface area contributed by atoms with Crippen molar-refractivity contribution in [2.24, 2.45) is 0 Å².